The Labute approximate surface area is 107 Å². The van der Waals surface area contributed by atoms with E-state index < -0.39 is 0 Å². The lowest BCUT2D eigenvalue weighted by atomic mass is 10.0. The summed E-state index contributed by atoms with van der Waals surface area (Å²) < 4.78 is 0. The van der Waals surface area contributed by atoms with Crippen molar-refractivity contribution in [3.8, 4) is 0 Å². The largest absolute Gasteiger partial charge is 0.384 e. The highest BCUT2D eigenvalue weighted by Gasteiger charge is 2.25. The van der Waals surface area contributed by atoms with Crippen LogP contribution in [0.1, 0.15) is 5.56 Å². The lowest BCUT2D eigenvalue weighted by Crippen LogP contribution is -2.51. The molecular formula is C12H20N4S. The van der Waals surface area contributed by atoms with E-state index >= 15 is 0 Å². The van der Waals surface area contributed by atoms with Crippen LogP contribution in [0.4, 0.5) is 5.82 Å². The SMILES string of the molecule is CN1CCSCC1C(N)Cc1ccnc(N)c1. The summed E-state index contributed by atoms with van der Waals surface area (Å²) in [7, 11) is 2.16. The highest BCUT2D eigenvalue weighted by molar-refractivity contribution is 7.99. The number of pyridine rings is 1. The predicted octanol–water partition coefficient (Wildman–Crippen LogP) is 0.581. The van der Waals surface area contributed by atoms with Crippen molar-refractivity contribution in [1.82, 2.24) is 9.88 Å². The second-order valence-corrected chi connectivity index (χ2v) is 5.73. The summed E-state index contributed by atoms with van der Waals surface area (Å²) in [5, 5.41) is 0. The van der Waals surface area contributed by atoms with Crippen molar-refractivity contribution in [2.75, 3.05) is 30.8 Å². The number of thioether (sulfide) groups is 1. The molecule has 0 saturated carbocycles. The van der Waals surface area contributed by atoms with Gasteiger partial charge >= 0.3 is 0 Å². The molecule has 0 bridgehead atoms. The maximum atomic E-state index is 6.30. The molecule has 94 valence electrons. The quantitative estimate of drug-likeness (QED) is 0.823. The van der Waals surface area contributed by atoms with E-state index in [0.717, 1.165) is 18.7 Å². The second kappa shape index (κ2) is 5.71. The number of hydrogen-bond acceptors (Lipinski definition) is 5. The van der Waals surface area contributed by atoms with E-state index in [-0.39, 0.29) is 6.04 Å². The molecule has 0 radical (unpaired) electrons. The van der Waals surface area contributed by atoms with Crippen LogP contribution in [0.15, 0.2) is 18.3 Å². The van der Waals surface area contributed by atoms with Crippen LogP contribution in [0.2, 0.25) is 0 Å². The van der Waals surface area contributed by atoms with Gasteiger partial charge in [-0.05, 0) is 31.2 Å². The molecule has 4 nitrogen and oxygen atoms in total. The third-order valence-corrected chi connectivity index (χ3v) is 4.30. The maximum absolute atomic E-state index is 6.30. The van der Waals surface area contributed by atoms with Crippen molar-refractivity contribution < 1.29 is 0 Å². The molecule has 1 saturated heterocycles. The minimum atomic E-state index is 0.162. The summed E-state index contributed by atoms with van der Waals surface area (Å²) in [6.45, 7) is 1.13. The van der Waals surface area contributed by atoms with Crippen LogP contribution in [0.5, 0.6) is 0 Å². The molecule has 1 aromatic heterocycles. The first-order chi connectivity index (χ1) is 8.16. The third kappa shape index (κ3) is 3.34. The van der Waals surface area contributed by atoms with Gasteiger partial charge in [0.1, 0.15) is 5.82 Å². The lowest BCUT2D eigenvalue weighted by Gasteiger charge is -2.36. The molecule has 17 heavy (non-hydrogen) atoms. The fraction of sp³-hybridized carbons (Fsp3) is 0.583. The van der Waals surface area contributed by atoms with Crippen LogP contribution in [0, 0.1) is 0 Å². The van der Waals surface area contributed by atoms with Crippen LogP contribution < -0.4 is 11.5 Å². The number of aromatic nitrogens is 1. The molecule has 0 spiro atoms. The molecule has 5 heteroatoms. The van der Waals surface area contributed by atoms with Crippen molar-refractivity contribution >= 4 is 17.6 Å². The minimum absolute atomic E-state index is 0.162. The molecule has 2 unspecified atom stereocenters. The highest BCUT2D eigenvalue weighted by atomic mass is 32.2. The molecular weight excluding hydrogens is 232 g/mol. The van der Waals surface area contributed by atoms with Gasteiger partial charge in [0.25, 0.3) is 0 Å². The summed E-state index contributed by atoms with van der Waals surface area (Å²) >= 11 is 1.99. The van der Waals surface area contributed by atoms with E-state index in [1.165, 1.54) is 11.3 Å². The Hall–Kier alpha value is -0.780. The molecule has 0 aliphatic carbocycles. The first-order valence-electron chi connectivity index (χ1n) is 5.91. The standard InChI is InChI=1S/C12H20N4S/c1-16-4-5-17-8-11(16)10(13)6-9-2-3-15-12(14)7-9/h2-3,7,10-11H,4-6,8,13H2,1H3,(H2,14,15). The van der Waals surface area contributed by atoms with Crippen molar-refractivity contribution in [3.63, 3.8) is 0 Å². The van der Waals surface area contributed by atoms with Crippen LogP contribution in [-0.2, 0) is 6.42 Å². The number of anilines is 1. The third-order valence-electron chi connectivity index (χ3n) is 3.25. The normalized spacial score (nSPS) is 23.5. The first kappa shape index (κ1) is 12.7. The average molecular weight is 252 g/mol. The summed E-state index contributed by atoms with van der Waals surface area (Å²) in [5.41, 5.74) is 13.2. The van der Waals surface area contributed by atoms with Crippen molar-refractivity contribution in [2.45, 2.75) is 18.5 Å². The average Bonchev–Trinajstić information content (AvgIpc) is 2.29. The van der Waals surface area contributed by atoms with E-state index in [0.29, 0.717) is 11.9 Å². The first-order valence-corrected chi connectivity index (χ1v) is 7.06. The Balaban J connectivity index is 1.98. The maximum Gasteiger partial charge on any atom is 0.123 e. The van der Waals surface area contributed by atoms with Gasteiger partial charge in [-0.1, -0.05) is 0 Å². The van der Waals surface area contributed by atoms with Gasteiger partial charge in [0.05, 0.1) is 0 Å². The van der Waals surface area contributed by atoms with Crippen molar-refractivity contribution in [2.24, 2.45) is 5.73 Å². The van der Waals surface area contributed by atoms with Gasteiger partial charge in [0.15, 0.2) is 0 Å². The number of likely N-dealkylation sites (N-methyl/N-ethyl adjacent to an activating group) is 1. The van der Waals surface area contributed by atoms with Crippen molar-refractivity contribution in [1.29, 1.82) is 0 Å². The second-order valence-electron chi connectivity index (χ2n) is 4.58. The lowest BCUT2D eigenvalue weighted by molar-refractivity contribution is 0.235. The number of nitrogen functional groups attached to an aromatic ring is 1. The van der Waals surface area contributed by atoms with Crippen LogP contribution in [-0.4, -0.2) is 47.1 Å². The molecule has 2 atom stereocenters. The topological polar surface area (TPSA) is 68.2 Å². The fourth-order valence-electron chi connectivity index (χ4n) is 2.19. The zero-order chi connectivity index (χ0) is 12.3. The van der Waals surface area contributed by atoms with Gasteiger partial charge < -0.3 is 16.4 Å². The van der Waals surface area contributed by atoms with Gasteiger partial charge in [-0.25, -0.2) is 4.98 Å². The number of hydrogen-bond donors (Lipinski definition) is 2. The summed E-state index contributed by atoms with van der Waals surface area (Å²) in [6, 6.07) is 4.53. The summed E-state index contributed by atoms with van der Waals surface area (Å²) in [6.07, 6.45) is 2.61. The Morgan fingerprint density at radius 3 is 3.18 bits per heavy atom. The zero-order valence-electron chi connectivity index (χ0n) is 10.2. The molecule has 1 aliphatic rings. The highest BCUT2D eigenvalue weighted by Crippen LogP contribution is 2.18. The smallest absolute Gasteiger partial charge is 0.123 e. The van der Waals surface area contributed by atoms with E-state index in [4.69, 9.17) is 11.5 Å². The van der Waals surface area contributed by atoms with Crippen molar-refractivity contribution in [3.05, 3.63) is 23.9 Å². The van der Waals surface area contributed by atoms with Crippen LogP contribution in [0.3, 0.4) is 0 Å². The Kier molecular flexibility index (Phi) is 4.25. The number of nitrogens with zero attached hydrogens (tertiary/aromatic N) is 2. The molecule has 1 fully saturated rings. The zero-order valence-corrected chi connectivity index (χ0v) is 11.0. The van der Waals surface area contributed by atoms with Crippen LogP contribution in [0.25, 0.3) is 0 Å². The molecule has 0 amide bonds. The molecule has 1 aromatic rings. The van der Waals surface area contributed by atoms with E-state index in [1.807, 2.05) is 23.9 Å². The summed E-state index contributed by atoms with van der Waals surface area (Å²) in [4.78, 5) is 6.36. The number of nitrogens with two attached hydrogens (primary N) is 2. The van der Waals surface area contributed by atoms with Gasteiger partial charge in [-0.2, -0.15) is 11.8 Å². The van der Waals surface area contributed by atoms with E-state index in [9.17, 15) is 0 Å². The van der Waals surface area contributed by atoms with Gasteiger partial charge in [0.2, 0.25) is 0 Å². The molecule has 2 heterocycles. The number of rotatable bonds is 3. The Bertz CT molecular complexity index is 371. The molecule has 0 aromatic carbocycles. The molecule has 2 rings (SSSR count). The Morgan fingerprint density at radius 2 is 2.47 bits per heavy atom. The Morgan fingerprint density at radius 1 is 1.65 bits per heavy atom. The minimum Gasteiger partial charge on any atom is -0.384 e. The van der Waals surface area contributed by atoms with Gasteiger partial charge in [-0.3, -0.25) is 0 Å². The van der Waals surface area contributed by atoms with E-state index in [1.54, 1.807) is 6.20 Å². The summed E-state index contributed by atoms with van der Waals surface area (Å²) in [5.74, 6) is 2.90. The predicted molar refractivity (Wildman–Crippen MR) is 74.1 cm³/mol. The van der Waals surface area contributed by atoms with Crippen LogP contribution >= 0.6 is 11.8 Å². The van der Waals surface area contributed by atoms with Gasteiger partial charge in [-0.15, -0.1) is 0 Å². The monoisotopic (exact) mass is 252 g/mol. The fourth-order valence-corrected chi connectivity index (χ4v) is 3.51. The molecule has 4 N–H and O–H groups in total. The van der Waals surface area contributed by atoms with E-state index in [2.05, 4.69) is 16.9 Å². The van der Waals surface area contributed by atoms with Gasteiger partial charge in [0, 0.05) is 36.3 Å². The molecule has 1 aliphatic heterocycles.